The molecule has 3 rings (SSSR count). The molecule has 1 aliphatic heterocycles. The van der Waals surface area contributed by atoms with Crippen molar-refractivity contribution in [2.24, 2.45) is 0 Å². The molecule has 1 N–H and O–H groups in total. The molecule has 0 spiro atoms. The summed E-state index contributed by atoms with van der Waals surface area (Å²) in [5, 5.41) is 3.39. The third-order valence-electron chi connectivity index (χ3n) is 3.70. The largest absolute Gasteiger partial charge is 0.453 e. The van der Waals surface area contributed by atoms with Crippen molar-refractivity contribution in [2.45, 2.75) is 19.9 Å². The molecule has 7 heteroatoms. The molecular formula is C16H17N3O3S. The number of ether oxygens (including phenoxy) is 1. The van der Waals surface area contributed by atoms with Crippen molar-refractivity contribution >= 4 is 28.5 Å². The lowest BCUT2D eigenvalue weighted by Crippen LogP contribution is -2.35. The first-order valence-corrected chi connectivity index (χ1v) is 8.08. The third-order valence-corrected chi connectivity index (χ3v) is 4.70. The zero-order chi connectivity index (χ0) is 16.4. The van der Waals surface area contributed by atoms with Crippen LogP contribution in [-0.4, -0.2) is 35.5 Å². The fraction of sp³-hybridized carbons (Fsp3) is 0.312. The summed E-state index contributed by atoms with van der Waals surface area (Å²) >= 11 is 1.40. The number of nitrogens with one attached hydrogen (secondary N) is 1. The van der Waals surface area contributed by atoms with Gasteiger partial charge in [0, 0.05) is 23.4 Å². The summed E-state index contributed by atoms with van der Waals surface area (Å²) in [6.07, 6.45) is 0.329. The number of rotatable bonds is 2. The van der Waals surface area contributed by atoms with E-state index < -0.39 is 0 Å². The number of hydrogen-bond acceptors (Lipinski definition) is 5. The summed E-state index contributed by atoms with van der Waals surface area (Å²) in [4.78, 5) is 30.9. The van der Waals surface area contributed by atoms with Gasteiger partial charge in [-0.3, -0.25) is 10.1 Å². The predicted molar refractivity (Wildman–Crippen MR) is 87.8 cm³/mol. The quantitative estimate of drug-likeness (QED) is 0.918. The number of fused-ring (bicyclic) bond motifs is 1. The molecule has 0 saturated carbocycles. The number of aryl methyl sites for hydroxylation is 1. The van der Waals surface area contributed by atoms with Crippen LogP contribution >= 0.6 is 11.3 Å². The van der Waals surface area contributed by atoms with Gasteiger partial charge in [0.05, 0.1) is 19.3 Å². The van der Waals surface area contributed by atoms with Crippen LogP contribution in [0.5, 0.6) is 0 Å². The van der Waals surface area contributed by atoms with E-state index in [9.17, 15) is 9.59 Å². The molecule has 0 aliphatic carbocycles. The van der Waals surface area contributed by atoms with Crippen molar-refractivity contribution in [3.63, 3.8) is 0 Å². The maximum absolute atomic E-state index is 12.2. The highest BCUT2D eigenvalue weighted by atomic mass is 32.1. The Labute approximate surface area is 138 Å². The minimum absolute atomic E-state index is 0.180. The number of methoxy groups -OCH3 is 1. The van der Waals surface area contributed by atoms with Crippen LogP contribution in [0.25, 0.3) is 0 Å². The zero-order valence-electron chi connectivity index (χ0n) is 13.0. The van der Waals surface area contributed by atoms with Crippen LogP contribution in [0.15, 0.2) is 24.3 Å². The number of amides is 2. The highest BCUT2D eigenvalue weighted by Crippen LogP contribution is 2.28. The number of benzene rings is 1. The average Bonchev–Trinajstić information content (AvgIpc) is 2.95. The van der Waals surface area contributed by atoms with Gasteiger partial charge in [0.15, 0.2) is 5.13 Å². The van der Waals surface area contributed by atoms with Crippen molar-refractivity contribution in [1.29, 1.82) is 0 Å². The monoisotopic (exact) mass is 331 g/mol. The van der Waals surface area contributed by atoms with Gasteiger partial charge in [-0.2, -0.15) is 0 Å². The minimum atomic E-state index is -0.339. The Balaban J connectivity index is 1.71. The highest BCUT2D eigenvalue weighted by molar-refractivity contribution is 7.15. The summed E-state index contributed by atoms with van der Waals surface area (Å²) in [7, 11) is 1.37. The maximum atomic E-state index is 12.2. The predicted octanol–water partition coefficient (Wildman–Crippen LogP) is 2.83. The zero-order valence-corrected chi connectivity index (χ0v) is 13.8. The van der Waals surface area contributed by atoms with Crippen LogP contribution in [0.1, 0.15) is 26.5 Å². The van der Waals surface area contributed by atoms with E-state index in [1.54, 1.807) is 17.0 Å². The number of thiazole rings is 1. The number of hydrogen-bond donors (Lipinski definition) is 1. The lowest BCUT2D eigenvalue weighted by atomic mass is 10.1. The molecule has 120 valence electrons. The molecule has 0 unspecified atom stereocenters. The smallest absolute Gasteiger partial charge is 0.409 e. The Bertz CT molecular complexity index is 740. The van der Waals surface area contributed by atoms with E-state index in [2.05, 4.69) is 10.3 Å². The molecule has 6 nitrogen and oxygen atoms in total. The molecule has 0 saturated heterocycles. The molecule has 0 bridgehead atoms. The van der Waals surface area contributed by atoms with Crippen molar-refractivity contribution in [2.75, 3.05) is 19.0 Å². The SMILES string of the molecule is COC(=O)N1CCc2nc(NC(=O)c3ccc(C)cc3)sc2C1. The first-order chi connectivity index (χ1) is 11.1. The number of carbonyl (C=O) groups is 2. The van der Waals surface area contributed by atoms with Gasteiger partial charge in [0.25, 0.3) is 5.91 Å². The lowest BCUT2D eigenvalue weighted by Gasteiger charge is -2.24. The Hall–Kier alpha value is -2.41. The summed E-state index contributed by atoms with van der Waals surface area (Å²) in [6.45, 7) is 3.03. The third kappa shape index (κ3) is 3.34. The van der Waals surface area contributed by atoms with E-state index >= 15 is 0 Å². The molecule has 0 radical (unpaired) electrons. The second-order valence-corrected chi connectivity index (χ2v) is 6.43. The first kappa shape index (κ1) is 15.5. The summed E-state index contributed by atoms with van der Waals surface area (Å²) in [5.74, 6) is -0.180. The van der Waals surface area contributed by atoms with Crippen LogP contribution in [0, 0.1) is 6.92 Å². The highest BCUT2D eigenvalue weighted by Gasteiger charge is 2.25. The van der Waals surface area contributed by atoms with Gasteiger partial charge in [-0.1, -0.05) is 29.0 Å². The van der Waals surface area contributed by atoms with Gasteiger partial charge in [-0.25, -0.2) is 9.78 Å². The normalized spacial score (nSPS) is 13.4. The van der Waals surface area contributed by atoms with Gasteiger partial charge in [0.2, 0.25) is 0 Å². The fourth-order valence-electron chi connectivity index (χ4n) is 2.41. The molecule has 1 aliphatic rings. The number of nitrogens with zero attached hydrogens (tertiary/aromatic N) is 2. The van der Waals surface area contributed by atoms with Crippen LogP contribution < -0.4 is 5.32 Å². The van der Waals surface area contributed by atoms with Crippen LogP contribution in [0.3, 0.4) is 0 Å². The Morgan fingerprint density at radius 3 is 2.74 bits per heavy atom. The van der Waals surface area contributed by atoms with E-state index in [1.807, 2.05) is 19.1 Å². The van der Waals surface area contributed by atoms with E-state index in [-0.39, 0.29) is 12.0 Å². The molecule has 1 aromatic heterocycles. The Morgan fingerprint density at radius 2 is 2.04 bits per heavy atom. The van der Waals surface area contributed by atoms with Gasteiger partial charge >= 0.3 is 6.09 Å². The van der Waals surface area contributed by atoms with Gasteiger partial charge in [-0.15, -0.1) is 0 Å². The number of carbonyl (C=O) groups excluding carboxylic acids is 2. The van der Waals surface area contributed by atoms with E-state index in [0.29, 0.717) is 30.2 Å². The van der Waals surface area contributed by atoms with Crippen LogP contribution in [-0.2, 0) is 17.7 Å². The van der Waals surface area contributed by atoms with Gasteiger partial charge < -0.3 is 9.64 Å². The average molecular weight is 331 g/mol. The summed E-state index contributed by atoms with van der Waals surface area (Å²) < 4.78 is 4.75. The van der Waals surface area contributed by atoms with Gasteiger partial charge in [0.1, 0.15) is 0 Å². The molecular weight excluding hydrogens is 314 g/mol. The van der Waals surface area contributed by atoms with Crippen molar-refractivity contribution in [3.05, 3.63) is 46.0 Å². The molecule has 0 atom stereocenters. The van der Waals surface area contributed by atoms with Crippen LogP contribution in [0.4, 0.5) is 9.93 Å². The number of aromatic nitrogens is 1. The summed E-state index contributed by atoms with van der Waals surface area (Å²) in [5.41, 5.74) is 2.64. The molecule has 0 fully saturated rings. The Morgan fingerprint density at radius 1 is 1.30 bits per heavy atom. The number of anilines is 1. The second kappa shape index (κ2) is 6.37. The standard InChI is InChI=1S/C16H17N3O3S/c1-10-3-5-11(6-4-10)14(20)18-15-17-12-7-8-19(16(21)22-2)9-13(12)23-15/h3-6H,7-9H2,1-2H3,(H,17,18,20). The molecule has 2 amide bonds. The molecule has 2 aromatic rings. The topological polar surface area (TPSA) is 71.5 Å². The molecule has 2 heterocycles. The van der Waals surface area contributed by atoms with Gasteiger partial charge in [-0.05, 0) is 19.1 Å². The second-order valence-electron chi connectivity index (χ2n) is 5.35. The van der Waals surface area contributed by atoms with E-state index in [1.165, 1.54) is 18.4 Å². The maximum Gasteiger partial charge on any atom is 0.409 e. The first-order valence-electron chi connectivity index (χ1n) is 7.26. The summed E-state index contributed by atoms with van der Waals surface area (Å²) in [6, 6.07) is 7.38. The van der Waals surface area contributed by atoms with E-state index in [0.717, 1.165) is 16.1 Å². The van der Waals surface area contributed by atoms with E-state index in [4.69, 9.17) is 4.74 Å². The Kier molecular flexibility index (Phi) is 4.29. The van der Waals surface area contributed by atoms with Crippen LogP contribution in [0.2, 0.25) is 0 Å². The van der Waals surface area contributed by atoms with Crippen molar-refractivity contribution in [3.8, 4) is 0 Å². The fourth-order valence-corrected chi connectivity index (χ4v) is 3.43. The molecule has 23 heavy (non-hydrogen) atoms. The van der Waals surface area contributed by atoms with Crippen molar-refractivity contribution < 1.29 is 14.3 Å². The van der Waals surface area contributed by atoms with Crippen molar-refractivity contribution in [1.82, 2.24) is 9.88 Å². The minimum Gasteiger partial charge on any atom is -0.453 e. The lowest BCUT2D eigenvalue weighted by molar-refractivity contribution is 0.102. The molecule has 1 aromatic carbocycles.